The van der Waals surface area contributed by atoms with Crippen LogP contribution >= 0.6 is 11.8 Å². The first-order valence-corrected chi connectivity index (χ1v) is 4.77. The zero-order valence-electron chi connectivity index (χ0n) is 6.68. The van der Waals surface area contributed by atoms with E-state index in [-0.39, 0.29) is 12.2 Å². The molecule has 0 aliphatic carbocycles. The van der Waals surface area contributed by atoms with Crippen molar-refractivity contribution in [3.63, 3.8) is 0 Å². The first kappa shape index (κ1) is 9.77. The van der Waals surface area contributed by atoms with Crippen LogP contribution in [0, 0.1) is 5.92 Å². The highest BCUT2D eigenvalue weighted by atomic mass is 32.2. The van der Waals surface area contributed by atoms with Crippen molar-refractivity contribution in [2.75, 3.05) is 18.6 Å². The van der Waals surface area contributed by atoms with Gasteiger partial charge < -0.3 is 4.74 Å². The van der Waals surface area contributed by atoms with Gasteiger partial charge in [-0.3, -0.25) is 4.79 Å². The molecule has 0 amide bonds. The predicted molar refractivity (Wildman–Crippen MR) is 42.4 cm³/mol. The van der Waals surface area contributed by atoms with Gasteiger partial charge in [0, 0.05) is 12.2 Å². The first-order valence-electron chi connectivity index (χ1n) is 3.61. The van der Waals surface area contributed by atoms with E-state index in [9.17, 15) is 13.6 Å². The summed E-state index contributed by atoms with van der Waals surface area (Å²) in [6.07, 6.45) is -0.225. The lowest BCUT2D eigenvalue weighted by atomic mass is 10.0. The van der Waals surface area contributed by atoms with Crippen LogP contribution in [0.15, 0.2) is 0 Å². The maximum absolute atomic E-state index is 13.0. The van der Waals surface area contributed by atoms with E-state index in [2.05, 4.69) is 4.74 Å². The molecule has 0 N–H and O–H groups in total. The monoisotopic (exact) mass is 196 g/mol. The van der Waals surface area contributed by atoms with Gasteiger partial charge in [-0.2, -0.15) is 11.8 Å². The van der Waals surface area contributed by atoms with Crippen molar-refractivity contribution < 1.29 is 18.3 Å². The van der Waals surface area contributed by atoms with Crippen molar-refractivity contribution in [2.45, 2.75) is 12.3 Å². The molecule has 70 valence electrons. The Morgan fingerprint density at radius 1 is 1.67 bits per heavy atom. The van der Waals surface area contributed by atoms with Crippen molar-refractivity contribution in [2.24, 2.45) is 5.92 Å². The summed E-state index contributed by atoms with van der Waals surface area (Å²) in [4.78, 5) is 10.9. The zero-order valence-corrected chi connectivity index (χ0v) is 7.50. The third-order valence-corrected chi connectivity index (χ3v) is 2.92. The first-order chi connectivity index (χ1) is 5.58. The predicted octanol–water partition coefficient (Wildman–Crippen LogP) is 1.55. The smallest absolute Gasteiger partial charge is 0.315 e. The lowest BCUT2D eigenvalue weighted by molar-refractivity contribution is -0.159. The van der Waals surface area contributed by atoms with E-state index >= 15 is 0 Å². The fourth-order valence-corrected chi connectivity index (χ4v) is 2.29. The molecule has 0 bridgehead atoms. The SMILES string of the molecule is COC(=O)C1CSCCC1(F)F. The Kier molecular flexibility index (Phi) is 2.93. The summed E-state index contributed by atoms with van der Waals surface area (Å²) in [6, 6.07) is 0. The average Bonchev–Trinajstić information content (AvgIpc) is 2.02. The summed E-state index contributed by atoms with van der Waals surface area (Å²) in [5.74, 6) is -4.34. The number of carbonyl (C=O) groups excluding carboxylic acids is 1. The van der Waals surface area contributed by atoms with Gasteiger partial charge in [-0.05, 0) is 5.75 Å². The van der Waals surface area contributed by atoms with E-state index in [1.807, 2.05) is 0 Å². The quantitative estimate of drug-likeness (QED) is 0.595. The van der Waals surface area contributed by atoms with Gasteiger partial charge in [-0.1, -0.05) is 0 Å². The average molecular weight is 196 g/mol. The minimum atomic E-state index is -2.88. The Labute approximate surface area is 73.7 Å². The fraction of sp³-hybridized carbons (Fsp3) is 0.857. The van der Waals surface area contributed by atoms with Crippen molar-refractivity contribution in [3.05, 3.63) is 0 Å². The van der Waals surface area contributed by atoms with Crippen LogP contribution in [0.25, 0.3) is 0 Å². The van der Waals surface area contributed by atoms with Crippen LogP contribution in [0.5, 0.6) is 0 Å². The van der Waals surface area contributed by atoms with Gasteiger partial charge in [0.15, 0.2) is 0 Å². The molecule has 1 atom stereocenters. The molecule has 0 aromatic rings. The number of hydrogen-bond donors (Lipinski definition) is 0. The van der Waals surface area contributed by atoms with Crippen LogP contribution in [0.1, 0.15) is 6.42 Å². The summed E-state index contributed by atoms with van der Waals surface area (Å²) in [5, 5.41) is 0. The second-order valence-electron chi connectivity index (χ2n) is 2.66. The molecule has 1 heterocycles. The molecular weight excluding hydrogens is 186 g/mol. The van der Waals surface area contributed by atoms with Gasteiger partial charge in [0.2, 0.25) is 0 Å². The third-order valence-electron chi connectivity index (χ3n) is 1.86. The van der Waals surface area contributed by atoms with E-state index in [1.54, 1.807) is 0 Å². The van der Waals surface area contributed by atoms with Crippen LogP contribution in [-0.4, -0.2) is 30.5 Å². The van der Waals surface area contributed by atoms with Crippen LogP contribution in [0.3, 0.4) is 0 Å². The van der Waals surface area contributed by atoms with Crippen molar-refractivity contribution in [1.29, 1.82) is 0 Å². The second kappa shape index (κ2) is 3.60. The molecular formula is C7H10F2O2S. The maximum atomic E-state index is 13.0. The maximum Gasteiger partial charge on any atom is 0.315 e. The van der Waals surface area contributed by atoms with Crippen molar-refractivity contribution in [3.8, 4) is 0 Å². The van der Waals surface area contributed by atoms with Gasteiger partial charge >= 0.3 is 5.97 Å². The van der Waals surface area contributed by atoms with Crippen LogP contribution in [-0.2, 0) is 9.53 Å². The highest BCUT2D eigenvalue weighted by Gasteiger charge is 2.46. The molecule has 1 unspecified atom stereocenters. The number of rotatable bonds is 1. The van der Waals surface area contributed by atoms with E-state index in [1.165, 1.54) is 11.8 Å². The molecule has 0 saturated carbocycles. The minimum Gasteiger partial charge on any atom is -0.469 e. The van der Waals surface area contributed by atoms with E-state index < -0.39 is 17.8 Å². The zero-order chi connectivity index (χ0) is 9.19. The number of alkyl halides is 2. The van der Waals surface area contributed by atoms with E-state index in [4.69, 9.17) is 0 Å². The molecule has 1 aliphatic heterocycles. The topological polar surface area (TPSA) is 26.3 Å². The van der Waals surface area contributed by atoms with Gasteiger partial charge in [0.1, 0.15) is 5.92 Å². The fourth-order valence-electron chi connectivity index (χ4n) is 1.09. The highest BCUT2D eigenvalue weighted by molar-refractivity contribution is 7.99. The standard InChI is InChI=1S/C7H10F2O2S/c1-11-6(10)5-4-12-3-2-7(5,8)9/h5H,2-4H2,1H3. The summed E-state index contributed by atoms with van der Waals surface area (Å²) < 4.78 is 30.3. The molecule has 12 heavy (non-hydrogen) atoms. The van der Waals surface area contributed by atoms with Crippen LogP contribution in [0.2, 0.25) is 0 Å². The second-order valence-corrected chi connectivity index (χ2v) is 3.81. The largest absolute Gasteiger partial charge is 0.469 e. The van der Waals surface area contributed by atoms with Crippen LogP contribution < -0.4 is 0 Å². The van der Waals surface area contributed by atoms with Gasteiger partial charge in [0.25, 0.3) is 5.92 Å². The number of thioether (sulfide) groups is 1. The molecule has 2 nitrogen and oxygen atoms in total. The number of ether oxygens (including phenoxy) is 1. The normalized spacial score (nSPS) is 28.1. The molecule has 1 rings (SSSR count). The third kappa shape index (κ3) is 1.88. The number of carbonyl (C=O) groups is 1. The molecule has 1 saturated heterocycles. The van der Waals surface area contributed by atoms with E-state index in [0.29, 0.717) is 5.75 Å². The molecule has 0 aromatic carbocycles. The Morgan fingerprint density at radius 2 is 2.33 bits per heavy atom. The Bertz CT molecular complexity index is 184. The number of methoxy groups -OCH3 is 1. The Hall–Kier alpha value is -0.320. The summed E-state index contributed by atoms with van der Waals surface area (Å²) in [7, 11) is 1.14. The van der Waals surface area contributed by atoms with Gasteiger partial charge in [0.05, 0.1) is 7.11 Å². The Morgan fingerprint density at radius 3 is 2.83 bits per heavy atom. The molecule has 5 heteroatoms. The summed E-state index contributed by atoms with van der Waals surface area (Å²) in [5.41, 5.74) is 0. The Balaban J connectivity index is 2.66. The van der Waals surface area contributed by atoms with Gasteiger partial charge in [-0.25, -0.2) is 8.78 Å². The lowest BCUT2D eigenvalue weighted by Crippen LogP contribution is -2.40. The lowest BCUT2D eigenvalue weighted by Gasteiger charge is -2.28. The summed E-state index contributed by atoms with van der Waals surface area (Å²) in [6.45, 7) is 0. The minimum absolute atomic E-state index is 0.166. The van der Waals surface area contributed by atoms with Crippen molar-refractivity contribution >= 4 is 17.7 Å². The van der Waals surface area contributed by atoms with Gasteiger partial charge in [-0.15, -0.1) is 0 Å². The number of halogens is 2. The number of esters is 1. The summed E-state index contributed by atoms with van der Waals surface area (Å²) >= 11 is 1.37. The molecule has 0 radical (unpaired) electrons. The van der Waals surface area contributed by atoms with E-state index in [0.717, 1.165) is 7.11 Å². The molecule has 0 spiro atoms. The highest BCUT2D eigenvalue weighted by Crippen LogP contribution is 2.37. The molecule has 0 aromatic heterocycles. The van der Waals surface area contributed by atoms with Crippen molar-refractivity contribution in [1.82, 2.24) is 0 Å². The molecule has 1 fully saturated rings. The van der Waals surface area contributed by atoms with Crippen LogP contribution in [0.4, 0.5) is 8.78 Å². The number of hydrogen-bond acceptors (Lipinski definition) is 3. The molecule has 1 aliphatic rings.